The number of ether oxygens (including phenoxy) is 2. The Labute approximate surface area is 153 Å². The average molecular weight is 406 g/mol. The highest BCUT2D eigenvalue weighted by Gasteiger charge is 2.32. The first kappa shape index (κ1) is 16.4. The quantitative estimate of drug-likeness (QED) is 0.753. The van der Waals surface area contributed by atoms with Crippen LogP contribution in [0.3, 0.4) is 0 Å². The minimum absolute atomic E-state index is 0.0103. The minimum Gasteiger partial charge on any atom is -0.493 e. The highest BCUT2D eigenvalue weighted by atomic mass is 79.9. The van der Waals surface area contributed by atoms with Gasteiger partial charge in [0, 0.05) is 0 Å². The molecule has 4 nitrogen and oxygen atoms in total. The Balaban J connectivity index is 1.79. The summed E-state index contributed by atoms with van der Waals surface area (Å²) in [5, 5.41) is 0. The zero-order chi connectivity index (χ0) is 17.6. The Bertz CT molecular complexity index is 851. The van der Waals surface area contributed by atoms with Gasteiger partial charge in [-0.15, -0.1) is 0 Å². The molecule has 2 aromatic carbocycles. The SMILES string of the molecule is COc1c(Br)cccc1N1CCOc2cc(C3CC3)cc(F)c2C1=O. The first-order valence-corrected chi connectivity index (χ1v) is 9.00. The molecule has 0 radical (unpaired) electrons. The molecule has 0 spiro atoms. The molecule has 2 aromatic rings. The summed E-state index contributed by atoms with van der Waals surface area (Å²) in [6.45, 7) is 0.612. The summed E-state index contributed by atoms with van der Waals surface area (Å²) in [6.07, 6.45) is 2.13. The van der Waals surface area contributed by atoms with Crippen molar-refractivity contribution < 1.29 is 18.7 Å². The third kappa shape index (κ3) is 2.88. The molecular weight excluding hydrogens is 389 g/mol. The van der Waals surface area contributed by atoms with E-state index in [2.05, 4.69) is 15.9 Å². The molecule has 0 aromatic heterocycles. The summed E-state index contributed by atoms with van der Waals surface area (Å²) in [6, 6.07) is 8.71. The molecule has 25 heavy (non-hydrogen) atoms. The second kappa shape index (κ2) is 6.33. The largest absolute Gasteiger partial charge is 0.493 e. The maximum Gasteiger partial charge on any atom is 0.265 e. The number of fused-ring (bicyclic) bond motifs is 1. The van der Waals surface area contributed by atoms with Crippen LogP contribution in [0.15, 0.2) is 34.8 Å². The van der Waals surface area contributed by atoms with Crippen molar-refractivity contribution in [3.05, 3.63) is 51.7 Å². The molecule has 4 rings (SSSR count). The molecule has 130 valence electrons. The monoisotopic (exact) mass is 405 g/mol. The first-order chi connectivity index (χ1) is 12.1. The molecule has 6 heteroatoms. The zero-order valence-corrected chi connectivity index (χ0v) is 15.3. The van der Waals surface area contributed by atoms with Crippen LogP contribution in [0.25, 0.3) is 0 Å². The van der Waals surface area contributed by atoms with Gasteiger partial charge in [0.1, 0.15) is 23.7 Å². The van der Waals surface area contributed by atoms with Crippen molar-refractivity contribution in [3.8, 4) is 11.5 Å². The van der Waals surface area contributed by atoms with Gasteiger partial charge in [-0.3, -0.25) is 4.79 Å². The summed E-state index contributed by atoms with van der Waals surface area (Å²) >= 11 is 3.42. The van der Waals surface area contributed by atoms with Gasteiger partial charge in [-0.2, -0.15) is 0 Å². The Kier molecular flexibility index (Phi) is 4.15. The van der Waals surface area contributed by atoms with Crippen molar-refractivity contribution in [2.24, 2.45) is 0 Å². The second-order valence-corrected chi connectivity index (χ2v) is 7.10. The van der Waals surface area contributed by atoms with Crippen LogP contribution in [0.2, 0.25) is 0 Å². The lowest BCUT2D eigenvalue weighted by Crippen LogP contribution is -2.33. The maximum absolute atomic E-state index is 14.7. The summed E-state index contributed by atoms with van der Waals surface area (Å²) in [4.78, 5) is 14.6. The zero-order valence-electron chi connectivity index (χ0n) is 13.7. The maximum atomic E-state index is 14.7. The van der Waals surface area contributed by atoms with Crippen molar-refractivity contribution in [1.29, 1.82) is 0 Å². The van der Waals surface area contributed by atoms with Crippen LogP contribution >= 0.6 is 15.9 Å². The predicted molar refractivity (Wildman–Crippen MR) is 96.2 cm³/mol. The topological polar surface area (TPSA) is 38.8 Å². The molecular formula is C19H17BrFNO3. The number of amides is 1. The number of benzene rings is 2. The molecule has 0 atom stereocenters. The van der Waals surface area contributed by atoms with E-state index < -0.39 is 11.7 Å². The molecule has 1 aliphatic heterocycles. The standard InChI is InChI=1S/C19H17BrFNO3/c1-24-18-13(20)3-2-4-15(18)22-7-8-25-16-10-12(11-5-6-11)9-14(21)17(16)19(22)23/h2-4,9-11H,5-8H2,1H3. The van der Waals surface area contributed by atoms with Crippen LogP contribution in [0.5, 0.6) is 11.5 Å². The van der Waals surface area contributed by atoms with Crippen molar-refractivity contribution >= 4 is 27.5 Å². The second-order valence-electron chi connectivity index (χ2n) is 6.25. The first-order valence-electron chi connectivity index (χ1n) is 8.20. The van der Waals surface area contributed by atoms with Gasteiger partial charge in [-0.25, -0.2) is 4.39 Å². The van der Waals surface area contributed by atoms with Gasteiger partial charge < -0.3 is 14.4 Å². The number of nitrogens with zero attached hydrogens (tertiary/aromatic N) is 1. The lowest BCUT2D eigenvalue weighted by molar-refractivity contribution is 0.0985. The molecule has 0 N–H and O–H groups in total. The van der Waals surface area contributed by atoms with Crippen LogP contribution in [-0.4, -0.2) is 26.2 Å². The molecule has 0 saturated heterocycles. The third-order valence-electron chi connectivity index (χ3n) is 4.60. The van der Waals surface area contributed by atoms with E-state index in [1.807, 2.05) is 18.2 Å². The number of hydrogen-bond donors (Lipinski definition) is 0. The molecule has 0 bridgehead atoms. The molecule has 1 amide bonds. The van der Waals surface area contributed by atoms with Gasteiger partial charge in [0.25, 0.3) is 5.91 Å². The smallest absolute Gasteiger partial charge is 0.265 e. The third-order valence-corrected chi connectivity index (χ3v) is 5.22. The van der Waals surface area contributed by atoms with Crippen molar-refractivity contribution in [3.63, 3.8) is 0 Å². The Morgan fingerprint density at radius 2 is 2.12 bits per heavy atom. The van der Waals surface area contributed by atoms with E-state index in [0.29, 0.717) is 36.3 Å². The minimum atomic E-state index is -0.523. The molecule has 2 aliphatic rings. The summed E-state index contributed by atoms with van der Waals surface area (Å²) in [5.41, 5.74) is 1.49. The molecule has 1 heterocycles. The van der Waals surface area contributed by atoms with Gasteiger partial charge in [0.15, 0.2) is 5.75 Å². The van der Waals surface area contributed by atoms with E-state index in [9.17, 15) is 9.18 Å². The fourth-order valence-corrected chi connectivity index (χ4v) is 3.72. The lowest BCUT2D eigenvalue weighted by Gasteiger charge is -2.23. The van der Waals surface area contributed by atoms with Gasteiger partial charge >= 0.3 is 0 Å². The van der Waals surface area contributed by atoms with Gasteiger partial charge in [-0.05, 0) is 64.5 Å². The summed E-state index contributed by atoms with van der Waals surface area (Å²) in [5.74, 6) is 0.328. The number of carbonyl (C=O) groups is 1. The number of para-hydroxylation sites is 1. The van der Waals surface area contributed by atoms with E-state index in [-0.39, 0.29) is 5.56 Å². The van der Waals surface area contributed by atoms with Gasteiger partial charge in [0.05, 0.1) is 23.8 Å². The van der Waals surface area contributed by atoms with Crippen molar-refractivity contribution in [2.75, 3.05) is 25.2 Å². The number of hydrogen-bond acceptors (Lipinski definition) is 3. The summed E-state index contributed by atoms with van der Waals surface area (Å²) in [7, 11) is 1.54. The predicted octanol–water partition coefficient (Wildman–Crippen LogP) is 4.51. The van der Waals surface area contributed by atoms with Crippen molar-refractivity contribution in [1.82, 2.24) is 0 Å². The van der Waals surface area contributed by atoms with Crippen LogP contribution in [0.1, 0.15) is 34.7 Å². The molecule has 1 aliphatic carbocycles. The van der Waals surface area contributed by atoms with Crippen LogP contribution in [0, 0.1) is 5.82 Å². The van der Waals surface area contributed by atoms with E-state index in [1.54, 1.807) is 13.2 Å². The number of carbonyl (C=O) groups excluding carboxylic acids is 1. The van der Waals surface area contributed by atoms with Crippen molar-refractivity contribution in [2.45, 2.75) is 18.8 Å². The Morgan fingerprint density at radius 3 is 2.84 bits per heavy atom. The Hall–Kier alpha value is -2.08. The van der Waals surface area contributed by atoms with Crippen LogP contribution in [0.4, 0.5) is 10.1 Å². The fourth-order valence-electron chi connectivity index (χ4n) is 3.20. The van der Waals surface area contributed by atoms with E-state index >= 15 is 0 Å². The molecule has 0 unspecified atom stereocenters. The van der Waals surface area contributed by atoms with Gasteiger partial charge in [-0.1, -0.05) is 6.07 Å². The number of anilines is 1. The molecule has 1 fully saturated rings. The molecule has 1 saturated carbocycles. The normalized spacial score (nSPS) is 16.9. The van der Waals surface area contributed by atoms with Gasteiger partial charge in [0.2, 0.25) is 0 Å². The fraction of sp³-hybridized carbons (Fsp3) is 0.316. The van der Waals surface area contributed by atoms with Crippen LogP contribution < -0.4 is 14.4 Å². The van der Waals surface area contributed by atoms with Crippen LogP contribution in [-0.2, 0) is 0 Å². The number of methoxy groups -OCH3 is 1. The summed E-state index contributed by atoms with van der Waals surface area (Å²) < 4.78 is 26.6. The average Bonchev–Trinajstić information content (AvgIpc) is 3.42. The highest BCUT2D eigenvalue weighted by molar-refractivity contribution is 9.10. The van der Waals surface area contributed by atoms with E-state index in [0.717, 1.165) is 22.9 Å². The number of halogens is 2. The van der Waals surface area contributed by atoms with E-state index in [4.69, 9.17) is 9.47 Å². The lowest BCUT2D eigenvalue weighted by atomic mass is 10.0. The number of rotatable bonds is 3. The van der Waals surface area contributed by atoms with E-state index in [1.165, 1.54) is 11.0 Å². The Morgan fingerprint density at radius 1 is 1.32 bits per heavy atom. The highest BCUT2D eigenvalue weighted by Crippen LogP contribution is 2.43.